The minimum absolute atomic E-state index is 0.0793. The van der Waals surface area contributed by atoms with Crippen molar-refractivity contribution in [1.29, 1.82) is 0 Å². The van der Waals surface area contributed by atoms with Crippen LogP contribution in [0.2, 0.25) is 0 Å². The molecule has 0 unspecified atom stereocenters. The first-order valence-electron chi connectivity index (χ1n) is 8.42. The lowest BCUT2D eigenvalue weighted by Crippen LogP contribution is -2.15. The number of nitrogens with zero attached hydrogens (tertiary/aromatic N) is 2. The molecule has 0 aliphatic carbocycles. The molecule has 0 saturated heterocycles. The van der Waals surface area contributed by atoms with Crippen LogP contribution in [0.3, 0.4) is 0 Å². The Morgan fingerprint density at radius 2 is 1.29 bits per heavy atom. The first-order valence-corrected chi connectivity index (χ1v) is 9.90. The van der Waals surface area contributed by atoms with Crippen molar-refractivity contribution in [1.82, 2.24) is 9.97 Å². The summed E-state index contributed by atoms with van der Waals surface area (Å²) in [5.74, 6) is 0.458. The number of para-hydroxylation sites is 2. The van der Waals surface area contributed by atoms with E-state index >= 15 is 0 Å². The fraction of sp³-hybridized carbons (Fsp3) is 0. The first-order chi connectivity index (χ1) is 13.5. The minimum atomic E-state index is -3.84. The monoisotopic (exact) mass is 392 g/mol. The van der Waals surface area contributed by atoms with Gasteiger partial charge in [0.25, 0.3) is 10.0 Å². The van der Waals surface area contributed by atoms with Crippen molar-refractivity contribution in [3.8, 4) is 5.75 Å². The number of nitrogens with one attached hydrogen (secondary N) is 2. The van der Waals surface area contributed by atoms with Crippen LogP contribution in [0, 0.1) is 0 Å². The SMILES string of the molecule is O=S(=O)(Nc1nc2ccccc2nc1Nc1ccc(O)cc1)c1ccccc1. The fourth-order valence-electron chi connectivity index (χ4n) is 2.63. The summed E-state index contributed by atoms with van der Waals surface area (Å²) >= 11 is 0. The third-order valence-electron chi connectivity index (χ3n) is 3.99. The van der Waals surface area contributed by atoms with Crippen molar-refractivity contribution in [2.75, 3.05) is 10.0 Å². The van der Waals surface area contributed by atoms with Crippen LogP contribution in [0.25, 0.3) is 11.0 Å². The van der Waals surface area contributed by atoms with E-state index in [2.05, 4.69) is 20.0 Å². The zero-order chi connectivity index (χ0) is 19.6. The zero-order valence-electron chi connectivity index (χ0n) is 14.6. The number of phenols is 1. The van der Waals surface area contributed by atoms with Gasteiger partial charge in [0.1, 0.15) is 5.75 Å². The average molecular weight is 392 g/mol. The van der Waals surface area contributed by atoms with Crippen LogP contribution in [-0.4, -0.2) is 23.5 Å². The summed E-state index contributed by atoms with van der Waals surface area (Å²) in [6.07, 6.45) is 0. The number of aromatic hydroxyl groups is 1. The molecule has 4 rings (SSSR count). The molecule has 0 spiro atoms. The maximum atomic E-state index is 12.7. The average Bonchev–Trinajstić information content (AvgIpc) is 2.70. The van der Waals surface area contributed by atoms with E-state index < -0.39 is 10.0 Å². The smallest absolute Gasteiger partial charge is 0.263 e. The maximum absolute atomic E-state index is 12.7. The molecule has 3 N–H and O–H groups in total. The highest BCUT2D eigenvalue weighted by atomic mass is 32.2. The summed E-state index contributed by atoms with van der Waals surface area (Å²) in [5.41, 5.74) is 1.80. The second-order valence-corrected chi connectivity index (χ2v) is 7.68. The van der Waals surface area contributed by atoms with Crippen molar-refractivity contribution < 1.29 is 13.5 Å². The highest BCUT2D eigenvalue weighted by molar-refractivity contribution is 7.92. The molecule has 0 fully saturated rings. The van der Waals surface area contributed by atoms with Crippen molar-refractivity contribution in [3.05, 3.63) is 78.9 Å². The number of aromatic nitrogens is 2. The van der Waals surface area contributed by atoms with Gasteiger partial charge in [-0.2, -0.15) is 0 Å². The van der Waals surface area contributed by atoms with Gasteiger partial charge in [-0.1, -0.05) is 30.3 Å². The van der Waals surface area contributed by atoms with Gasteiger partial charge in [0.2, 0.25) is 0 Å². The van der Waals surface area contributed by atoms with E-state index in [-0.39, 0.29) is 22.3 Å². The van der Waals surface area contributed by atoms with Gasteiger partial charge < -0.3 is 10.4 Å². The Morgan fingerprint density at radius 3 is 1.93 bits per heavy atom. The van der Waals surface area contributed by atoms with Crippen LogP contribution >= 0.6 is 0 Å². The summed E-state index contributed by atoms with van der Waals surface area (Å²) in [6.45, 7) is 0. The second-order valence-electron chi connectivity index (χ2n) is 6.00. The van der Waals surface area contributed by atoms with E-state index in [1.54, 1.807) is 48.5 Å². The zero-order valence-corrected chi connectivity index (χ0v) is 15.4. The standard InChI is InChI=1S/C20H16N4O3S/c25-15-12-10-14(11-13-15)21-19-20(23-18-9-5-4-8-17(18)22-19)24-28(26,27)16-6-2-1-3-7-16/h1-13,25H,(H,21,22)(H,23,24). The Hall–Kier alpha value is -3.65. The van der Waals surface area contributed by atoms with Crippen LogP contribution in [-0.2, 0) is 10.0 Å². The van der Waals surface area contributed by atoms with Gasteiger partial charge in [-0.05, 0) is 48.5 Å². The van der Waals surface area contributed by atoms with Crippen LogP contribution in [0.15, 0.2) is 83.8 Å². The number of phenolic OH excluding ortho intramolecular Hbond substituents is 1. The molecule has 4 aromatic rings. The number of fused-ring (bicyclic) bond motifs is 1. The summed E-state index contributed by atoms with van der Waals surface area (Å²) in [6, 6.07) is 21.6. The Labute approximate surface area is 161 Å². The summed E-state index contributed by atoms with van der Waals surface area (Å²) in [5, 5.41) is 12.5. The van der Waals surface area contributed by atoms with Gasteiger partial charge in [0, 0.05) is 5.69 Å². The normalized spacial score (nSPS) is 11.3. The van der Waals surface area contributed by atoms with E-state index in [4.69, 9.17) is 0 Å². The summed E-state index contributed by atoms with van der Waals surface area (Å²) < 4.78 is 28.0. The third-order valence-corrected chi connectivity index (χ3v) is 5.34. The van der Waals surface area contributed by atoms with Crippen molar-refractivity contribution >= 4 is 38.4 Å². The number of hydrogen-bond acceptors (Lipinski definition) is 6. The van der Waals surface area contributed by atoms with Gasteiger partial charge in [-0.3, -0.25) is 4.72 Å². The van der Waals surface area contributed by atoms with E-state index in [1.165, 1.54) is 24.3 Å². The summed E-state index contributed by atoms with van der Waals surface area (Å²) in [7, 11) is -3.84. The van der Waals surface area contributed by atoms with Gasteiger partial charge in [0.05, 0.1) is 15.9 Å². The molecule has 0 aliphatic rings. The second kappa shape index (κ2) is 7.16. The van der Waals surface area contributed by atoms with Gasteiger partial charge in [-0.25, -0.2) is 18.4 Å². The van der Waals surface area contributed by atoms with E-state index in [0.29, 0.717) is 16.7 Å². The predicted molar refractivity (Wildman–Crippen MR) is 108 cm³/mol. The molecule has 0 amide bonds. The van der Waals surface area contributed by atoms with Crippen LogP contribution in [0.5, 0.6) is 5.75 Å². The topological polar surface area (TPSA) is 104 Å². The molecule has 0 radical (unpaired) electrons. The Bertz CT molecular complexity index is 1230. The highest BCUT2D eigenvalue weighted by Gasteiger charge is 2.18. The molecule has 3 aromatic carbocycles. The van der Waals surface area contributed by atoms with Gasteiger partial charge >= 0.3 is 0 Å². The molecule has 8 heteroatoms. The lowest BCUT2D eigenvalue weighted by Gasteiger charge is -2.14. The number of hydrogen-bond donors (Lipinski definition) is 3. The van der Waals surface area contributed by atoms with Crippen LogP contribution < -0.4 is 10.0 Å². The molecular weight excluding hydrogens is 376 g/mol. The molecule has 28 heavy (non-hydrogen) atoms. The fourth-order valence-corrected chi connectivity index (χ4v) is 3.66. The molecular formula is C20H16N4O3S. The highest BCUT2D eigenvalue weighted by Crippen LogP contribution is 2.27. The lowest BCUT2D eigenvalue weighted by molar-refractivity contribution is 0.475. The number of benzene rings is 3. The molecule has 1 aromatic heterocycles. The Morgan fingerprint density at radius 1 is 0.714 bits per heavy atom. The quantitative estimate of drug-likeness (QED) is 0.445. The molecule has 0 aliphatic heterocycles. The molecule has 7 nitrogen and oxygen atoms in total. The predicted octanol–water partition coefficient (Wildman–Crippen LogP) is 3.88. The Balaban J connectivity index is 1.78. The number of rotatable bonds is 5. The Kier molecular flexibility index (Phi) is 4.54. The molecule has 0 atom stereocenters. The summed E-state index contributed by atoms with van der Waals surface area (Å²) in [4.78, 5) is 9.07. The van der Waals surface area contributed by atoms with E-state index in [9.17, 15) is 13.5 Å². The minimum Gasteiger partial charge on any atom is -0.508 e. The van der Waals surface area contributed by atoms with Crippen molar-refractivity contribution in [3.63, 3.8) is 0 Å². The lowest BCUT2D eigenvalue weighted by atomic mass is 10.3. The molecule has 1 heterocycles. The number of sulfonamides is 1. The van der Waals surface area contributed by atoms with E-state index in [0.717, 1.165) is 0 Å². The van der Waals surface area contributed by atoms with Gasteiger partial charge in [-0.15, -0.1) is 0 Å². The third kappa shape index (κ3) is 3.72. The largest absolute Gasteiger partial charge is 0.508 e. The van der Waals surface area contributed by atoms with Crippen molar-refractivity contribution in [2.45, 2.75) is 4.90 Å². The molecule has 0 saturated carbocycles. The van der Waals surface area contributed by atoms with Gasteiger partial charge in [0.15, 0.2) is 11.6 Å². The molecule has 0 bridgehead atoms. The van der Waals surface area contributed by atoms with Crippen LogP contribution in [0.4, 0.5) is 17.3 Å². The van der Waals surface area contributed by atoms with Crippen molar-refractivity contribution in [2.24, 2.45) is 0 Å². The first kappa shape index (κ1) is 17.7. The molecule has 140 valence electrons. The van der Waals surface area contributed by atoms with Crippen LogP contribution in [0.1, 0.15) is 0 Å². The van der Waals surface area contributed by atoms with E-state index in [1.807, 2.05) is 6.07 Å². The number of anilines is 3. The maximum Gasteiger partial charge on any atom is 0.263 e.